The molecule has 1 amide bonds. The van der Waals surface area contributed by atoms with Crippen molar-refractivity contribution in [3.8, 4) is 16.4 Å². The van der Waals surface area contributed by atoms with Crippen molar-refractivity contribution in [1.82, 2.24) is 20.1 Å². The number of hydrogen-bond acceptors (Lipinski definition) is 5. The fourth-order valence-corrected chi connectivity index (χ4v) is 4.86. The number of amides is 1. The van der Waals surface area contributed by atoms with E-state index in [0.717, 1.165) is 36.5 Å². The van der Waals surface area contributed by atoms with Crippen molar-refractivity contribution >= 4 is 29.0 Å². The second kappa shape index (κ2) is 8.19. The molecule has 5 nitrogen and oxygen atoms in total. The molecule has 0 spiro atoms. The van der Waals surface area contributed by atoms with Gasteiger partial charge in [-0.3, -0.25) is 4.79 Å². The number of benzene rings is 1. The average molecular weight is 439 g/mol. The smallest absolute Gasteiger partial charge is 0.346 e. The van der Waals surface area contributed by atoms with E-state index in [1.54, 1.807) is 6.07 Å². The minimum absolute atomic E-state index is 0.0518. The van der Waals surface area contributed by atoms with E-state index < -0.39 is 17.6 Å². The highest BCUT2D eigenvalue weighted by atomic mass is 32.2. The van der Waals surface area contributed by atoms with E-state index in [9.17, 15) is 18.0 Å². The van der Waals surface area contributed by atoms with Crippen LogP contribution in [0.4, 0.5) is 13.2 Å². The van der Waals surface area contributed by atoms with Crippen molar-refractivity contribution in [1.29, 1.82) is 0 Å². The number of carbonyl (C=O) groups is 1. The van der Waals surface area contributed by atoms with Crippen LogP contribution in [-0.2, 0) is 6.18 Å². The lowest BCUT2D eigenvalue weighted by atomic mass is 10.1. The quantitative estimate of drug-likeness (QED) is 0.645. The molecular weight excluding hydrogens is 421 g/mol. The van der Waals surface area contributed by atoms with Gasteiger partial charge in [0.05, 0.1) is 16.1 Å². The third kappa shape index (κ3) is 4.48. The maximum atomic E-state index is 13.1. The van der Waals surface area contributed by atoms with Crippen LogP contribution < -0.4 is 5.32 Å². The number of hydrogen-bond donors (Lipinski definition) is 1. The van der Waals surface area contributed by atoms with Gasteiger partial charge in [-0.25, -0.2) is 9.67 Å². The maximum Gasteiger partial charge on any atom is 0.416 e. The summed E-state index contributed by atoms with van der Waals surface area (Å²) in [6, 6.07) is 8.50. The molecule has 0 unspecified atom stereocenters. The number of aromatic nitrogens is 3. The van der Waals surface area contributed by atoms with E-state index in [1.807, 2.05) is 23.2 Å². The fourth-order valence-electron chi connectivity index (χ4n) is 3.06. The first-order chi connectivity index (χ1) is 13.9. The molecule has 3 heterocycles. The van der Waals surface area contributed by atoms with Crippen LogP contribution in [0.15, 0.2) is 41.8 Å². The monoisotopic (exact) mass is 438 g/mol. The molecule has 1 fully saturated rings. The van der Waals surface area contributed by atoms with Crippen LogP contribution in [0.1, 0.15) is 29.0 Å². The highest BCUT2D eigenvalue weighted by Gasteiger charge is 2.31. The first-order valence-electron chi connectivity index (χ1n) is 8.99. The Morgan fingerprint density at radius 1 is 1.17 bits per heavy atom. The number of halogens is 3. The predicted molar refractivity (Wildman–Crippen MR) is 107 cm³/mol. The standard InChI is InChI=1S/C19H17F3N4OS2/c20-19(21,22)12-3-1-4-14(11-12)26-17(15-5-2-8-29-15)24-16(25-26)18(27)23-13-6-9-28-10-7-13/h1-5,8,11,13H,6-7,9-10H2,(H,23,27). The van der Waals surface area contributed by atoms with Crippen molar-refractivity contribution in [2.45, 2.75) is 25.1 Å². The van der Waals surface area contributed by atoms with Crippen molar-refractivity contribution in [3.05, 3.63) is 53.2 Å². The molecule has 0 atom stereocenters. The molecule has 2 aromatic heterocycles. The summed E-state index contributed by atoms with van der Waals surface area (Å²) in [6.07, 6.45) is -2.72. The summed E-state index contributed by atoms with van der Waals surface area (Å²) < 4.78 is 40.7. The Kier molecular flexibility index (Phi) is 5.64. The van der Waals surface area contributed by atoms with Gasteiger partial charge < -0.3 is 5.32 Å². The van der Waals surface area contributed by atoms with Gasteiger partial charge in [0.1, 0.15) is 0 Å². The molecule has 1 aliphatic heterocycles. The predicted octanol–water partition coefficient (Wildman–Crippen LogP) is 4.64. The highest BCUT2D eigenvalue weighted by molar-refractivity contribution is 7.99. The number of rotatable bonds is 4. The maximum absolute atomic E-state index is 13.1. The second-order valence-electron chi connectivity index (χ2n) is 6.56. The van der Waals surface area contributed by atoms with Crippen LogP contribution >= 0.6 is 23.1 Å². The van der Waals surface area contributed by atoms with Crippen molar-refractivity contribution < 1.29 is 18.0 Å². The van der Waals surface area contributed by atoms with E-state index in [-0.39, 0.29) is 17.6 Å². The Morgan fingerprint density at radius 3 is 2.66 bits per heavy atom. The molecule has 0 radical (unpaired) electrons. The number of nitrogens with zero attached hydrogens (tertiary/aromatic N) is 3. The fraction of sp³-hybridized carbons (Fsp3) is 0.316. The Bertz CT molecular complexity index is 995. The molecule has 152 valence electrons. The highest BCUT2D eigenvalue weighted by Crippen LogP contribution is 2.32. The van der Waals surface area contributed by atoms with Crippen molar-refractivity contribution in [2.24, 2.45) is 0 Å². The van der Waals surface area contributed by atoms with Gasteiger partial charge in [-0.1, -0.05) is 12.1 Å². The Labute approximate surface area is 173 Å². The molecule has 1 saturated heterocycles. The first-order valence-corrected chi connectivity index (χ1v) is 11.0. The van der Waals surface area contributed by atoms with Gasteiger partial charge in [0.2, 0.25) is 5.82 Å². The Hall–Kier alpha value is -2.33. The summed E-state index contributed by atoms with van der Waals surface area (Å²) >= 11 is 3.23. The molecular formula is C19H17F3N4OS2. The summed E-state index contributed by atoms with van der Waals surface area (Å²) in [6.45, 7) is 0. The van der Waals surface area contributed by atoms with Crippen LogP contribution in [-0.4, -0.2) is 38.2 Å². The lowest BCUT2D eigenvalue weighted by molar-refractivity contribution is -0.137. The zero-order valence-corrected chi connectivity index (χ0v) is 16.8. The number of alkyl halides is 3. The Morgan fingerprint density at radius 2 is 1.97 bits per heavy atom. The SMILES string of the molecule is O=C(NC1CCSCC1)c1nc(-c2cccs2)n(-c2cccc(C(F)(F)F)c2)n1. The summed E-state index contributed by atoms with van der Waals surface area (Å²) in [5.41, 5.74) is -0.586. The summed E-state index contributed by atoms with van der Waals surface area (Å²) in [5, 5.41) is 9.03. The third-order valence-electron chi connectivity index (χ3n) is 4.53. The van der Waals surface area contributed by atoms with Crippen molar-refractivity contribution in [2.75, 3.05) is 11.5 Å². The zero-order valence-electron chi connectivity index (χ0n) is 15.1. The van der Waals surface area contributed by atoms with E-state index in [2.05, 4.69) is 15.4 Å². The van der Waals surface area contributed by atoms with Crippen LogP contribution in [0.5, 0.6) is 0 Å². The summed E-state index contributed by atoms with van der Waals surface area (Å²) in [4.78, 5) is 17.7. The molecule has 1 aliphatic rings. The lowest BCUT2D eigenvalue weighted by Gasteiger charge is -2.21. The van der Waals surface area contributed by atoms with Gasteiger partial charge in [-0.2, -0.15) is 24.9 Å². The molecule has 1 N–H and O–H groups in total. The van der Waals surface area contributed by atoms with Gasteiger partial charge in [0.15, 0.2) is 5.82 Å². The normalized spacial score (nSPS) is 15.4. The third-order valence-corrected chi connectivity index (χ3v) is 6.44. The van der Waals surface area contributed by atoms with E-state index in [0.29, 0.717) is 10.7 Å². The lowest BCUT2D eigenvalue weighted by Crippen LogP contribution is -2.37. The van der Waals surface area contributed by atoms with Gasteiger partial charge in [0.25, 0.3) is 5.91 Å². The minimum Gasteiger partial charge on any atom is -0.346 e. The van der Waals surface area contributed by atoms with Gasteiger partial charge in [-0.05, 0) is 54.0 Å². The number of carbonyl (C=O) groups excluding carboxylic acids is 1. The second-order valence-corrected chi connectivity index (χ2v) is 8.73. The van der Waals surface area contributed by atoms with Gasteiger partial charge in [-0.15, -0.1) is 16.4 Å². The first kappa shape index (κ1) is 20.0. The topological polar surface area (TPSA) is 59.8 Å². The largest absolute Gasteiger partial charge is 0.416 e. The molecule has 10 heteroatoms. The van der Waals surface area contributed by atoms with E-state index in [1.165, 1.54) is 28.2 Å². The van der Waals surface area contributed by atoms with Gasteiger partial charge >= 0.3 is 6.18 Å². The molecule has 0 bridgehead atoms. The summed E-state index contributed by atoms with van der Waals surface area (Å²) in [7, 11) is 0. The average Bonchev–Trinajstić information content (AvgIpc) is 3.38. The molecule has 0 aliphatic carbocycles. The van der Waals surface area contributed by atoms with Crippen LogP contribution in [0.25, 0.3) is 16.4 Å². The molecule has 0 saturated carbocycles. The number of thioether (sulfide) groups is 1. The van der Waals surface area contributed by atoms with Crippen LogP contribution in [0.3, 0.4) is 0 Å². The van der Waals surface area contributed by atoms with Crippen molar-refractivity contribution in [3.63, 3.8) is 0 Å². The summed E-state index contributed by atoms with van der Waals surface area (Å²) in [5.74, 6) is 1.84. The Balaban J connectivity index is 1.70. The van der Waals surface area contributed by atoms with E-state index >= 15 is 0 Å². The number of thiophene rings is 1. The molecule has 3 aromatic rings. The molecule has 4 rings (SSSR count). The molecule has 1 aromatic carbocycles. The van der Waals surface area contributed by atoms with E-state index in [4.69, 9.17) is 0 Å². The van der Waals surface area contributed by atoms with Crippen LogP contribution in [0.2, 0.25) is 0 Å². The van der Waals surface area contributed by atoms with Gasteiger partial charge in [0, 0.05) is 6.04 Å². The number of nitrogens with one attached hydrogen (secondary N) is 1. The molecule has 29 heavy (non-hydrogen) atoms. The minimum atomic E-state index is -4.47. The van der Waals surface area contributed by atoms with Crippen LogP contribution in [0, 0.1) is 0 Å². The zero-order chi connectivity index (χ0) is 20.4.